The van der Waals surface area contributed by atoms with E-state index in [4.69, 9.17) is 14.2 Å². The molecule has 0 N–H and O–H groups in total. The Morgan fingerprint density at radius 3 is 2.56 bits per heavy atom. The molecule has 2 heterocycles. The lowest BCUT2D eigenvalue weighted by Crippen LogP contribution is -2.39. The van der Waals surface area contributed by atoms with Crippen LogP contribution in [-0.2, 0) is 9.53 Å². The van der Waals surface area contributed by atoms with Gasteiger partial charge in [0.2, 0.25) is 0 Å². The molecule has 1 unspecified atom stereocenters. The molecule has 0 aliphatic carbocycles. The molecule has 0 amide bonds. The Morgan fingerprint density at radius 1 is 1.15 bits per heavy atom. The molecule has 34 heavy (non-hydrogen) atoms. The van der Waals surface area contributed by atoms with Gasteiger partial charge >= 0.3 is 5.97 Å². The molecule has 0 saturated carbocycles. The van der Waals surface area contributed by atoms with Crippen molar-refractivity contribution < 1.29 is 19.0 Å². The van der Waals surface area contributed by atoms with E-state index in [2.05, 4.69) is 11.6 Å². The Labute approximate surface area is 200 Å². The molecule has 7 nitrogen and oxygen atoms in total. The average Bonchev–Trinajstić information content (AvgIpc) is 3.16. The minimum atomic E-state index is -0.651. The van der Waals surface area contributed by atoms with E-state index >= 15 is 0 Å². The molecule has 1 atom stereocenters. The summed E-state index contributed by atoms with van der Waals surface area (Å²) in [5.41, 5.74) is 2.18. The number of aromatic nitrogens is 1. The van der Waals surface area contributed by atoms with Crippen molar-refractivity contribution in [1.29, 1.82) is 0 Å². The van der Waals surface area contributed by atoms with Crippen LogP contribution in [0.1, 0.15) is 24.1 Å². The average molecular weight is 477 g/mol. The molecular weight excluding hydrogens is 452 g/mol. The second-order valence-corrected chi connectivity index (χ2v) is 8.50. The SMILES string of the molecule is C=CCOC(=O)C1=C(C)N=c2sc(=Cc3ccc(OC)c(OC)c3)c(=O)n2C1c1ccccc1. The summed E-state index contributed by atoms with van der Waals surface area (Å²) in [6.45, 7) is 5.43. The highest BCUT2D eigenvalue weighted by Crippen LogP contribution is 2.31. The van der Waals surface area contributed by atoms with E-state index in [-0.39, 0.29) is 12.2 Å². The zero-order chi connectivity index (χ0) is 24.2. The molecule has 4 rings (SSSR count). The quantitative estimate of drug-likeness (QED) is 0.387. The number of carbonyl (C=O) groups is 1. The van der Waals surface area contributed by atoms with Gasteiger partial charge in [0.1, 0.15) is 6.61 Å². The van der Waals surface area contributed by atoms with Crippen molar-refractivity contribution in [2.24, 2.45) is 4.99 Å². The largest absolute Gasteiger partial charge is 0.493 e. The van der Waals surface area contributed by atoms with Crippen LogP contribution >= 0.6 is 11.3 Å². The molecular formula is C26H24N2O5S. The molecule has 8 heteroatoms. The van der Waals surface area contributed by atoms with Gasteiger partial charge in [0.15, 0.2) is 16.3 Å². The monoisotopic (exact) mass is 476 g/mol. The lowest BCUT2D eigenvalue weighted by Gasteiger charge is -2.24. The number of fused-ring (bicyclic) bond motifs is 1. The molecule has 0 saturated heterocycles. The van der Waals surface area contributed by atoms with E-state index < -0.39 is 12.0 Å². The second-order valence-electron chi connectivity index (χ2n) is 7.49. The lowest BCUT2D eigenvalue weighted by molar-refractivity contribution is -0.138. The van der Waals surface area contributed by atoms with Gasteiger partial charge in [-0.25, -0.2) is 9.79 Å². The highest BCUT2D eigenvalue weighted by molar-refractivity contribution is 7.07. The first kappa shape index (κ1) is 23.3. The van der Waals surface area contributed by atoms with Crippen LogP contribution in [-0.4, -0.2) is 31.4 Å². The number of hydrogen-bond acceptors (Lipinski definition) is 7. The zero-order valence-electron chi connectivity index (χ0n) is 19.1. The van der Waals surface area contributed by atoms with E-state index in [1.54, 1.807) is 43.9 Å². The van der Waals surface area contributed by atoms with Gasteiger partial charge < -0.3 is 14.2 Å². The Kier molecular flexibility index (Phi) is 6.79. The van der Waals surface area contributed by atoms with Gasteiger partial charge in [-0.3, -0.25) is 9.36 Å². The fourth-order valence-corrected chi connectivity index (χ4v) is 4.89. The van der Waals surface area contributed by atoms with Gasteiger partial charge in [-0.2, -0.15) is 0 Å². The summed E-state index contributed by atoms with van der Waals surface area (Å²) in [4.78, 5) is 31.7. The van der Waals surface area contributed by atoms with Gasteiger partial charge in [0.05, 0.1) is 36.1 Å². The summed E-state index contributed by atoms with van der Waals surface area (Å²) >= 11 is 1.27. The third-order valence-corrected chi connectivity index (χ3v) is 6.38. The predicted octanol–water partition coefficient (Wildman–Crippen LogP) is 2.98. The van der Waals surface area contributed by atoms with Crippen molar-refractivity contribution in [2.45, 2.75) is 13.0 Å². The summed E-state index contributed by atoms with van der Waals surface area (Å²) < 4.78 is 18.1. The van der Waals surface area contributed by atoms with Crippen LogP contribution in [0.15, 0.2) is 82.2 Å². The number of benzene rings is 2. The van der Waals surface area contributed by atoms with Crippen molar-refractivity contribution >= 4 is 23.4 Å². The van der Waals surface area contributed by atoms with Crippen molar-refractivity contribution in [2.75, 3.05) is 20.8 Å². The van der Waals surface area contributed by atoms with Crippen LogP contribution in [0.2, 0.25) is 0 Å². The van der Waals surface area contributed by atoms with Crippen LogP contribution in [0.4, 0.5) is 0 Å². The summed E-state index contributed by atoms with van der Waals surface area (Å²) in [5, 5.41) is 0. The highest BCUT2D eigenvalue weighted by atomic mass is 32.1. The first-order chi connectivity index (χ1) is 16.5. The molecule has 1 aliphatic rings. The first-order valence-corrected chi connectivity index (χ1v) is 11.4. The maximum Gasteiger partial charge on any atom is 0.338 e. The summed E-state index contributed by atoms with van der Waals surface area (Å²) in [5.74, 6) is 0.641. The van der Waals surface area contributed by atoms with Crippen LogP contribution in [0.3, 0.4) is 0 Å². The molecule has 0 spiro atoms. The van der Waals surface area contributed by atoms with Crippen LogP contribution in [0.25, 0.3) is 6.08 Å². The number of rotatable bonds is 7. The first-order valence-electron chi connectivity index (χ1n) is 10.6. The van der Waals surface area contributed by atoms with Gasteiger partial charge in [-0.1, -0.05) is 60.4 Å². The Bertz CT molecular complexity index is 1450. The fraction of sp³-hybridized carbons (Fsp3) is 0.192. The summed E-state index contributed by atoms with van der Waals surface area (Å²) in [6.07, 6.45) is 3.28. The molecule has 1 aromatic heterocycles. The molecule has 0 bridgehead atoms. The third kappa shape index (κ3) is 4.32. The van der Waals surface area contributed by atoms with E-state index in [1.165, 1.54) is 17.4 Å². The minimum Gasteiger partial charge on any atom is -0.493 e. The van der Waals surface area contributed by atoms with Crippen LogP contribution < -0.4 is 24.4 Å². The standard InChI is InChI=1S/C26H24N2O5S/c1-5-13-33-25(30)22-16(2)27-26-28(23(22)18-9-7-6-8-10-18)24(29)21(34-26)15-17-11-12-19(31-3)20(14-17)32-4/h5-12,14-15,23H,1,13H2,2-4H3. The lowest BCUT2D eigenvalue weighted by atomic mass is 9.96. The minimum absolute atomic E-state index is 0.0703. The van der Waals surface area contributed by atoms with Gasteiger partial charge in [0, 0.05) is 0 Å². The van der Waals surface area contributed by atoms with E-state index in [1.807, 2.05) is 36.4 Å². The number of esters is 1. The van der Waals surface area contributed by atoms with E-state index in [9.17, 15) is 9.59 Å². The normalized spacial score (nSPS) is 15.4. The number of nitrogens with zero attached hydrogens (tertiary/aromatic N) is 2. The van der Waals surface area contributed by atoms with E-state index in [0.29, 0.717) is 32.1 Å². The summed E-state index contributed by atoms with van der Waals surface area (Å²) in [6, 6.07) is 14.2. The topological polar surface area (TPSA) is 79.1 Å². The molecule has 2 aromatic carbocycles. The van der Waals surface area contributed by atoms with Gasteiger partial charge in [-0.05, 0) is 36.3 Å². The van der Waals surface area contributed by atoms with E-state index in [0.717, 1.165) is 11.1 Å². The third-order valence-electron chi connectivity index (χ3n) is 5.39. The van der Waals surface area contributed by atoms with Crippen molar-refractivity contribution in [3.8, 4) is 11.5 Å². The van der Waals surface area contributed by atoms with Gasteiger partial charge in [-0.15, -0.1) is 0 Å². The maximum atomic E-state index is 13.6. The Hall–Kier alpha value is -3.91. The molecule has 0 fully saturated rings. The zero-order valence-corrected chi connectivity index (χ0v) is 19.9. The summed E-state index contributed by atoms with van der Waals surface area (Å²) in [7, 11) is 3.13. The van der Waals surface area contributed by atoms with Crippen molar-refractivity contribution in [3.05, 3.63) is 103 Å². The molecule has 1 aliphatic heterocycles. The number of allylic oxidation sites excluding steroid dienone is 1. The van der Waals surface area contributed by atoms with Crippen LogP contribution in [0.5, 0.6) is 11.5 Å². The highest BCUT2D eigenvalue weighted by Gasteiger charge is 2.33. The fourth-order valence-electron chi connectivity index (χ4n) is 3.84. The van der Waals surface area contributed by atoms with Crippen molar-refractivity contribution in [1.82, 2.24) is 4.57 Å². The smallest absolute Gasteiger partial charge is 0.338 e. The Balaban J connectivity index is 1.90. The van der Waals surface area contributed by atoms with Gasteiger partial charge in [0.25, 0.3) is 5.56 Å². The maximum absolute atomic E-state index is 13.6. The number of thiazole rings is 1. The second kappa shape index (κ2) is 9.93. The molecule has 3 aromatic rings. The number of methoxy groups -OCH3 is 2. The number of carbonyl (C=O) groups excluding carboxylic acids is 1. The predicted molar refractivity (Wildman–Crippen MR) is 131 cm³/mol. The molecule has 0 radical (unpaired) electrons. The number of ether oxygens (including phenoxy) is 3. The van der Waals surface area contributed by atoms with Crippen molar-refractivity contribution in [3.63, 3.8) is 0 Å². The molecule has 174 valence electrons. The number of hydrogen-bond donors (Lipinski definition) is 0. The van der Waals surface area contributed by atoms with Crippen LogP contribution in [0, 0.1) is 0 Å². The Morgan fingerprint density at radius 2 is 1.88 bits per heavy atom.